The van der Waals surface area contributed by atoms with Crippen molar-refractivity contribution in [1.82, 2.24) is 0 Å². The molecule has 0 radical (unpaired) electrons. The van der Waals surface area contributed by atoms with Crippen LogP contribution in [0.15, 0.2) is 0 Å². The van der Waals surface area contributed by atoms with E-state index >= 15 is 0 Å². The van der Waals surface area contributed by atoms with Crippen LogP contribution in [0.3, 0.4) is 0 Å². The van der Waals surface area contributed by atoms with Crippen molar-refractivity contribution >= 4 is 0 Å². The van der Waals surface area contributed by atoms with E-state index in [-0.39, 0.29) is 0 Å². The summed E-state index contributed by atoms with van der Waals surface area (Å²) in [7, 11) is 0. The van der Waals surface area contributed by atoms with Gasteiger partial charge in [0.1, 0.15) is 0 Å². The summed E-state index contributed by atoms with van der Waals surface area (Å²) in [5.74, 6) is 6.05. The van der Waals surface area contributed by atoms with Crippen molar-refractivity contribution in [3.05, 3.63) is 0 Å². The molecular weight excluding hydrogens is 182 g/mol. The van der Waals surface area contributed by atoms with Gasteiger partial charge in [0.05, 0.1) is 0 Å². The van der Waals surface area contributed by atoms with Gasteiger partial charge < -0.3 is 5.73 Å². The summed E-state index contributed by atoms with van der Waals surface area (Å²) in [5.41, 5.74) is 5.82. The minimum absolute atomic E-state index is 0.492. The molecular formula is C14H23N. The van der Waals surface area contributed by atoms with E-state index in [4.69, 9.17) is 12.2 Å². The standard InChI is InChI=1S/C14H23N/c1-3-11(6-7-13-9-14(13)15)12-5-4-10(2)8-12/h1,10-14H,4-9,15H2,2H3. The van der Waals surface area contributed by atoms with Gasteiger partial charge in [0.25, 0.3) is 0 Å². The highest BCUT2D eigenvalue weighted by Gasteiger charge is 2.34. The Morgan fingerprint density at radius 1 is 1.40 bits per heavy atom. The maximum absolute atomic E-state index is 5.82. The molecule has 15 heavy (non-hydrogen) atoms. The second kappa shape index (κ2) is 4.58. The van der Waals surface area contributed by atoms with Gasteiger partial charge in [0.15, 0.2) is 0 Å². The Bertz CT molecular complexity index is 253. The zero-order chi connectivity index (χ0) is 10.8. The van der Waals surface area contributed by atoms with E-state index in [0.717, 1.165) is 17.8 Å². The molecule has 0 bridgehead atoms. The fourth-order valence-electron chi connectivity index (χ4n) is 3.07. The molecule has 0 amide bonds. The summed E-state index contributed by atoms with van der Waals surface area (Å²) < 4.78 is 0. The second-order valence-electron chi connectivity index (χ2n) is 5.69. The molecule has 2 rings (SSSR count). The van der Waals surface area contributed by atoms with Crippen LogP contribution in [-0.2, 0) is 0 Å². The highest BCUT2D eigenvalue weighted by Crippen LogP contribution is 2.40. The Morgan fingerprint density at radius 2 is 2.13 bits per heavy atom. The molecule has 5 atom stereocenters. The van der Waals surface area contributed by atoms with Crippen LogP contribution in [0.1, 0.15) is 45.4 Å². The predicted molar refractivity (Wildman–Crippen MR) is 64.1 cm³/mol. The first-order valence-electron chi connectivity index (χ1n) is 6.42. The monoisotopic (exact) mass is 205 g/mol. The molecule has 2 N–H and O–H groups in total. The molecule has 2 fully saturated rings. The van der Waals surface area contributed by atoms with E-state index < -0.39 is 0 Å². The van der Waals surface area contributed by atoms with Crippen molar-refractivity contribution < 1.29 is 0 Å². The van der Waals surface area contributed by atoms with Crippen LogP contribution < -0.4 is 5.73 Å². The van der Waals surface area contributed by atoms with Crippen LogP contribution in [-0.4, -0.2) is 6.04 Å². The number of terminal acetylenes is 1. The molecule has 0 aromatic carbocycles. The van der Waals surface area contributed by atoms with Gasteiger partial charge >= 0.3 is 0 Å². The highest BCUT2D eigenvalue weighted by molar-refractivity contribution is 5.00. The summed E-state index contributed by atoms with van der Waals surface area (Å²) in [4.78, 5) is 0. The Kier molecular flexibility index (Phi) is 3.36. The van der Waals surface area contributed by atoms with E-state index in [1.165, 1.54) is 38.5 Å². The molecule has 2 aliphatic rings. The van der Waals surface area contributed by atoms with Crippen LogP contribution in [0, 0.1) is 36.0 Å². The lowest BCUT2D eigenvalue weighted by Crippen LogP contribution is -2.11. The van der Waals surface area contributed by atoms with Crippen LogP contribution in [0.4, 0.5) is 0 Å². The normalized spacial score (nSPS) is 41.1. The van der Waals surface area contributed by atoms with Crippen LogP contribution in [0.25, 0.3) is 0 Å². The molecule has 0 aromatic heterocycles. The molecule has 1 nitrogen and oxygen atoms in total. The Balaban J connectivity index is 1.75. The number of hydrogen-bond acceptors (Lipinski definition) is 1. The van der Waals surface area contributed by atoms with Crippen molar-refractivity contribution in [1.29, 1.82) is 0 Å². The van der Waals surface area contributed by atoms with Crippen LogP contribution in [0.2, 0.25) is 0 Å². The average Bonchev–Trinajstić information content (AvgIpc) is 2.73. The van der Waals surface area contributed by atoms with E-state index in [1.54, 1.807) is 0 Å². The Hall–Kier alpha value is -0.480. The maximum Gasteiger partial charge on any atom is 0.0228 e. The largest absolute Gasteiger partial charge is 0.327 e. The maximum atomic E-state index is 5.82. The topological polar surface area (TPSA) is 26.0 Å². The van der Waals surface area contributed by atoms with Gasteiger partial charge in [-0.05, 0) is 49.9 Å². The van der Waals surface area contributed by atoms with E-state index in [0.29, 0.717) is 12.0 Å². The van der Waals surface area contributed by atoms with E-state index in [2.05, 4.69) is 12.8 Å². The molecule has 0 aliphatic heterocycles. The lowest BCUT2D eigenvalue weighted by atomic mass is 9.86. The average molecular weight is 205 g/mol. The fraction of sp³-hybridized carbons (Fsp3) is 0.857. The smallest absolute Gasteiger partial charge is 0.0228 e. The Morgan fingerprint density at radius 3 is 2.60 bits per heavy atom. The third-order valence-electron chi connectivity index (χ3n) is 4.34. The highest BCUT2D eigenvalue weighted by atomic mass is 14.7. The molecule has 0 saturated heterocycles. The molecule has 2 aliphatic carbocycles. The van der Waals surface area contributed by atoms with E-state index in [1.807, 2.05) is 0 Å². The number of nitrogens with two attached hydrogens (primary N) is 1. The first kappa shape index (κ1) is 11.0. The minimum atomic E-state index is 0.492. The third kappa shape index (κ3) is 2.75. The van der Waals surface area contributed by atoms with Gasteiger partial charge in [-0.1, -0.05) is 13.3 Å². The van der Waals surface area contributed by atoms with Crippen molar-refractivity contribution in [3.63, 3.8) is 0 Å². The van der Waals surface area contributed by atoms with E-state index in [9.17, 15) is 0 Å². The zero-order valence-electron chi connectivity index (χ0n) is 9.78. The summed E-state index contributed by atoms with van der Waals surface area (Å²) in [6, 6.07) is 0.492. The lowest BCUT2D eigenvalue weighted by molar-refractivity contribution is 0.369. The van der Waals surface area contributed by atoms with Gasteiger partial charge in [-0.15, -0.1) is 12.3 Å². The van der Waals surface area contributed by atoms with Gasteiger partial charge in [-0.2, -0.15) is 0 Å². The summed E-state index contributed by atoms with van der Waals surface area (Å²) in [6.45, 7) is 2.35. The molecule has 0 aromatic rings. The fourth-order valence-corrected chi connectivity index (χ4v) is 3.07. The molecule has 1 heteroatoms. The van der Waals surface area contributed by atoms with Crippen molar-refractivity contribution in [3.8, 4) is 12.3 Å². The molecule has 2 saturated carbocycles. The molecule has 5 unspecified atom stereocenters. The first-order valence-corrected chi connectivity index (χ1v) is 6.42. The van der Waals surface area contributed by atoms with Gasteiger partial charge in [0.2, 0.25) is 0 Å². The minimum Gasteiger partial charge on any atom is -0.327 e. The summed E-state index contributed by atoms with van der Waals surface area (Å²) in [5, 5.41) is 0. The second-order valence-corrected chi connectivity index (χ2v) is 5.69. The molecule has 84 valence electrons. The van der Waals surface area contributed by atoms with Crippen molar-refractivity contribution in [2.45, 2.75) is 51.5 Å². The van der Waals surface area contributed by atoms with Crippen LogP contribution in [0.5, 0.6) is 0 Å². The third-order valence-corrected chi connectivity index (χ3v) is 4.34. The SMILES string of the molecule is C#CC(CCC1CC1N)C1CCC(C)C1. The number of hydrogen-bond donors (Lipinski definition) is 1. The molecule has 0 heterocycles. The summed E-state index contributed by atoms with van der Waals surface area (Å²) >= 11 is 0. The zero-order valence-corrected chi connectivity index (χ0v) is 9.78. The number of rotatable bonds is 4. The van der Waals surface area contributed by atoms with Gasteiger partial charge in [-0.3, -0.25) is 0 Å². The predicted octanol–water partition coefficient (Wildman–Crippen LogP) is 2.80. The van der Waals surface area contributed by atoms with Crippen molar-refractivity contribution in [2.24, 2.45) is 29.4 Å². The first-order chi connectivity index (χ1) is 7.20. The molecule has 0 spiro atoms. The van der Waals surface area contributed by atoms with Crippen LogP contribution >= 0.6 is 0 Å². The quantitative estimate of drug-likeness (QED) is 0.702. The Labute approximate surface area is 93.8 Å². The van der Waals surface area contributed by atoms with Gasteiger partial charge in [0, 0.05) is 12.0 Å². The van der Waals surface area contributed by atoms with Crippen molar-refractivity contribution in [2.75, 3.05) is 0 Å². The van der Waals surface area contributed by atoms with Gasteiger partial charge in [-0.25, -0.2) is 0 Å². The summed E-state index contributed by atoms with van der Waals surface area (Å²) in [6.07, 6.45) is 13.5. The lowest BCUT2D eigenvalue weighted by Gasteiger charge is -2.18.